The lowest BCUT2D eigenvalue weighted by molar-refractivity contribution is 0.0947. The van der Waals surface area contributed by atoms with Crippen molar-refractivity contribution in [3.63, 3.8) is 0 Å². The molecule has 0 aliphatic rings. The number of nitrogens with zero attached hydrogens (tertiary/aromatic N) is 2. The number of nitrogens with one attached hydrogen (secondary N) is 1. The molecule has 6 heteroatoms. The van der Waals surface area contributed by atoms with E-state index in [0.717, 1.165) is 15.2 Å². The highest BCUT2D eigenvalue weighted by atomic mass is 32.1. The minimum Gasteiger partial charge on any atom is -0.480 e. The third-order valence-electron chi connectivity index (χ3n) is 2.95. The van der Waals surface area contributed by atoms with Gasteiger partial charge in [0.1, 0.15) is 10.6 Å². The molecule has 0 aliphatic carbocycles. The topological polar surface area (TPSA) is 64.1 Å². The highest BCUT2D eigenvalue weighted by molar-refractivity contribution is 7.18. The molecule has 3 rings (SSSR count). The lowest BCUT2D eigenvalue weighted by atomic mass is 10.2. The van der Waals surface area contributed by atoms with Crippen LogP contribution in [0, 0.1) is 0 Å². The number of aromatic nitrogens is 2. The van der Waals surface area contributed by atoms with Crippen LogP contribution in [0.4, 0.5) is 0 Å². The van der Waals surface area contributed by atoms with E-state index in [1.54, 1.807) is 29.7 Å². The van der Waals surface area contributed by atoms with Gasteiger partial charge in [-0.3, -0.25) is 4.79 Å². The molecule has 2 heterocycles. The van der Waals surface area contributed by atoms with Gasteiger partial charge in [0.25, 0.3) is 5.91 Å². The minimum absolute atomic E-state index is 0.223. The van der Waals surface area contributed by atoms with Gasteiger partial charge in [-0.25, -0.2) is 9.97 Å². The van der Waals surface area contributed by atoms with E-state index < -0.39 is 0 Å². The van der Waals surface area contributed by atoms with Crippen molar-refractivity contribution in [3.05, 3.63) is 53.2 Å². The molecule has 0 saturated carbocycles. The number of hydrogen-bond donors (Lipinski definition) is 1. The summed E-state index contributed by atoms with van der Waals surface area (Å²) in [6, 6.07) is 11.3. The number of amides is 1. The molecular weight excluding hydrogens is 286 g/mol. The van der Waals surface area contributed by atoms with Gasteiger partial charge in [-0.2, -0.15) is 0 Å². The fraction of sp³-hybridized carbons (Fsp3) is 0.133. The van der Waals surface area contributed by atoms with Crippen LogP contribution in [0.15, 0.2) is 42.6 Å². The Morgan fingerprint density at radius 2 is 2.14 bits per heavy atom. The average molecular weight is 299 g/mol. The van der Waals surface area contributed by atoms with E-state index in [2.05, 4.69) is 15.3 Å². The number of hydrogen-bond acceptors (Lipinski definition) is 5. The summed E-state index contributed by atoms with van der Waals surface area (Å²) in [6.45, 7) is 0.385. The van der Waals surface area contributed by atoms with Crippen LogP contribution in [0.5, 0.6) is 5.88 Å². The van der Waals surface area contributed by atoms with Crippen LogP contribution in [0.25, 0.3) is 10.2 Å². The van der Waals surface area contributed by atoms with Crippen LogP contribution in [0.3, 0.4) is 0 Å². The molecule has 0 aliphatic heterocycles. The molecule has 0 saturated heterocycles. The van der Waals surface area contributed by atoms with Crippen molar-refractivity contribution in [3.8, 4) is 5.88 Å². The Bertz CT molecular complexity index is 752. The molecule has 1 N–H and O–H groups in total. The van der Waals surface area contributed by atoms with Crippen LogP contribution < -0.4 is 10.1 Å². The van der Waals surface area contributed by atoms with Crippen molar-refractivity contribution in [1.29, 1.82) is 0 Å². The molecule has 0 fully saturated rings. The first-order chi connectivity index (χ1) is 10.3. The quantitative estimate of drug-likeness (QED) is 0.804. The monoisotopic (exact) mass is 299 g/mol. The first-order valence-electron chi connectivity index (χ1n) is 6.39. The van der Waals surface area contributed by atoms with Gasteiger partial charge < -0.3 is 10.1 Å². The number of ether oxygens (including phenoxy) is 1. The number of carbonyl (C=O) groups is 1. The number of fused-ring (bicyclic) bond motifs is 1. The maximum Gasteiger partial charge on any atom is 0.257 e. The number of para-hydroxylation sites is 1. The largest absolute Gasteiger partial charge is 0.480 e. The van der Waals surface area contributed by atoms with E-state index in [1.165, 1.54) is 7.11 Å². The van der Waals surface area contributed by atoms with E-state index in [9.17, 15) is 4.79 Å². The van der Waals surface area contributed by atoms with Gasteiger partial charge in [0.15, 0.2) is 0 Å². The maximum absolute atomic E-state index is 12.2. The fourth-order valence-electron chi connectivity index (χ4n) is 1.97. The fourth-order valence-corrected chi connectivity index (χ4v) is 2.88. The molecule has 0 radical (unpaired) electrons. The van der Waals surface area contributed by atoms with Crippen LogP contribution in [0.1, 0.15) is 15.4 Å². The summed E-state index contributed by atoms with van der Waals surface area (Å²) >= 11 is 1.57. The molecule has 0 unspecified atom stereocenters. The van der Waals surface area contributed by atoms with Crippen molar-refractivity contribution >= 4 is 27.5 Å². The Hall–Kier alpha value is -2.47. The minimum atomic E-state index is -0.223. The van der Waals surface area contributed by atoms with Crippen LogP contribution in [0.2, 0.25) is 0 Å². The number of carbonyl (C=O) groups excluding carboxylic acids is 1. The maximum atomic E-state index is 12.2. The zero-order chi connectivity index (χ0) is 14.7. The van der Waals surface area contributed by atoms with Gasteiger partial charge in [0, 0.05) is 6.20 Å². The van der Waals surface area contributed by atoms with E-state index in [4.69, 9.17) is 4.74 Å². The van der Waals surface area contributed by atoms with Crippen LogP contribution in [-0.2, 0) is 6.54 Å². The average Bonchev–Trinajstić information content (AvgIpc) is 2.95. The number of rotatable bonds is 4. The van der Waals surface area contributed by atoms with Gasteiger partial charge in [-0.15, -0.1) is 11.3 Å². The highest BCUT2D eigenvalue weighted by Crippen LogP contribution is 2.21. The van der Waals surface area contributed by atoms with Gasteiger partial charge in [0.05, 0.1) is 23.9 Å². The van der Waals surface area contributed by atoms with E-state index >= 15 is 0 Å². The summed E-state index contributed by atoms with van der Waals surface area (Å²) in [6.07, 6.45) is 1.59. The summed E-state index contributed by atoms with van der Waals surface area (Å²) in [5, 5.41) is 3.71. The Kier molecular flexibility index (Phi) is 3.79. The summed E-state index contributed by atoms with van der Waals surface area (Å²) in [7, 11) is 1.49. The number of thiazole rings is 1. The summed E-state index contributed by atoms with van der Waals surface area (Å²) in [4.78, 5) is 20.6. The Morgan fingerprint density at radius 1 is 1.29 bits per heavy atom. The molecule has 1 amide bonds. The molecule has 0 atom stereocenters. The Balaban J connectivity index is 1.73. The Morgan fingerprint density at radius 3 is 2.95 bits per heavy atom. The van der Waals surface area contributed by atoms with Gasteiger partial charge in [-0.05, 0) is 24.3 Å². The summed E-state index contributed by atoms with van der Waals surface area (Å²) in [5.74, 6) is 0.0958. The second-order valence-electron chi connectivity index (χ2n) is 4.32. The normalized spacial score (nSPS) is 10.5. The number of methoxy groups -OCH3 is 1. The van der Waals surface area contributed by atoms with Crippen LogP contribution in [-0.4, -0.2) is 23.0 Å². The SMILES string of the molecule is COc1ncccc1C(=O)NCc1nc2ccccc2s1. The second kappa shape index (κ2) is 5.88. The van der Waals surface area contributed by atoms with Gasteiger partial charge in [-0.1, -0.05) is 12.1 Å². The third kappa shape index (κ3) is 2.85. The second-order valence-corrected chi connectivity index (χ2v) is 5.43. The van der Waals surface area contributed by atoms with Crippen molar-refractivity contribution in [2.75, 3.05) is 7.11 Å². The van der Waals surface area contributed by atoms with Crippen molar-refractivity contribution < 1.29 is 9.53 Å². The first kappa shape index (κ1) is 13.5. The number of pyridine rings is 1. The lowest BCUT2D eigenvalue weighted by Gasteiger charge is -2.06. The smallest absolute Gasteiger partial charge is 0.257 e. The van der Waals surface area contributed by atoms with E-state index in [0.29, 0.717) is 18.0 Å². The van der Waals surface area contributed by atoms with E-state index in [1.807, 2.05) is 24.3 Å². The van der Waals surface area contributed by atoms with Crippen molar-refractivity contribution in [2.45, 2.75) is 6.54 Å². The predicted octanol–water partition coefficient (Wildman–Crippen LogP) is 2.63. The number of benzene rings is 1. The molecule has 0 bridgehead atoms. The lowest BCUT2D eigenvalue weighted by Crippen LogP contribution is -2.23. The third-order valence-corrected chi connectivity index (χ3v) is 3.98. The van der Waals surface area contributed by atoms with Gasteiger partial charge >= 0.3 is 0 Å². The van der Waals surface area contributed by atoms with Crippen molar-refractivity contribution in [1.82, 2.24) is 15.3 Å². The van der Waals surface area contributed by atoms with Gasteiger partial charge in [0.2, 0.25) is 5.88 Å². The highest BCUT2D eigenvalue weighted by Gasteiger charge is 2.13. The van der Waals surface area contributed by atoms with Crippen molar-refractivity contribution in [2.24, 2.45) is 0 Å². The molecule has 1 aromatic carbocycles. The molecule has 5 nitrogen and oxygen atoms in total. The Labute approximate surface area is 125 Å². The molecular formula is C15H13N3O2S. The zero-order valence-corrected chi connectivity index (χ0v) is 12.2. The summed E-state index contributed by atoms with van der Waals surface area (Å²) in [5.41, 5.74) is 1.37. The molecule has 2 aromatic heterocycles. The predicted molar refractivity (Wildman–Crippen MR) is 81.6 cm³/mol. The molecule has 106 valence electrons. The standard InChI is InChI=1S/C15H13N3O2S/c1-20-15-10(5-4-8-16-15)14(19)17-9-13-18-11-6-2-3-7-12(11)21-13/h2-8H,9H2,1H3,(H,17,19). The molecule has 0 spiro atoms. The summed E-state index contributed by atoms with van der Waals surface area (Å²) < 4.78 is 6.19. The molecule has 21 heavy (non-hydrogen) atoms. The molecule has 3 aromatic rings. The first-order valence-corrected chi connectivity index (χ1v) is 7.21. The van der Waals surface area contributed by atoms with E-state index in [-0.39, 0.29) is 5.91 Å². The zero-order valence-electron chi connectivity index (χ0n) is 11.4. The van der Waals surface area contributed by atoms with Crippen LogP contribution >= 0.6 is 11.3 Å².